The lowest BCUT2D eigenvalue weighted by Crippen LogP contribution is -2.44. The topological polar surface area (TPSA) is 80.1 Å². The summed E-state index contributed by atoms with van der Waals surface area (Å²) in [6.45, 7) is 3.02. The number of carbonyl (C=O) groups excluding carboxylic acids is 2. The molecule has 176 valence electrons. The lowest BCUT2D eigenvalue weighted by Gasteiger charge is -2.31. The van der Waals surface area contributed by atoms with E-state index >= 15 is 0 Å². The van der Waals surface area contributed by atoms with Crippen molar-refractivity contribution in [2.45, 2.75) is 51.9 Å². The molecule has 1 aliphatic heterocycles. The van der Waals surface area contributed by atoms with E-state index in [4.69, 9.17) is 5.10 Å². The number of fused-ring (bicyclic) bond motifs is 1. The smallest absolute Gasteiger partial charge is 0.274 e. The van der Waals surface area contributed by atoms with Crippen molar-refractivity contribution in [1.29, 1.82) is 0 Å². The molecule has 1 atom stereocenters. The number of aryl methyl sites for hydroxylation is 1. The fraction of sp³-hybridized carbons (Fsp3) is 0.407. The number of nitrogens with one attached hydrogen (secondary N) is 1. The predicted octanol–water partition coefficient (Wildman–Crippen LogP) is 4.34. The van der Waals surface area contributed by atoms with Gasteiger partial charge < -0.3 is 10.2 Å². The van der Waals surface area contributed by atoms with Crippen molar-refractivity contribution in [2.75, 3.05) is 18.4 Å². The average molecular weight is 458 g/mol. The van der Waals surface area contributed by atoms with Crippen molar-refractivity contribution in [3.63, 3.8) is 0 Å². The van der Waals surface area contributed by atoms with E-state index in [2.05, 4.69) is 10.3 Å². The van der Waals surface area contributed by atoms with Crippen molar-refractivity contribution >= 4 is 17.6 Å². The zero-order valence-electron chi connectivity index (χ0n) is 19.7. The Morgan fingerprint density at radius 3 is 2.62 bits per heavy atom. The number of aromatic nitrogens is 3. The van der Waals surface area contributed by atoms with Gasteiger partial charge in [0.1, 0.15) is 5.82 Å². The Balaban J connectivity index is 1.37. The van der Waals surface area contributed by atoms with E-state index in [1.54, 1.807) is 6.20 Å². The number of para-hydroxylation sites is 1. The number of carbonyl (C=O) groups is 2. The maximum absolute atomic E-state index is 13.7. The number of nitrogens with zero attached hydrogens (tertiary/aromatic N) is 4. The summed E-state index contributed by atoms with van der Waals surface area (Å²) in [6.07, 6.45) is 8.45. The Morgan fingerprint density at radius 1 is 1.00 bits per heavy atom. The summed E-state index contributed by atoms with van der Waals surface area (Å²) in [5.41, 5.74) is 4.83. The van der Waals surface area contributed by atoms with Gasteiger partial charge in [0.25, 0.3) is 5.91 Å². The monoisotopic (exact) mass is 457 g/mol. The molecule has 7 heteroatoms. The van der Waals surface area contributed by atoms with Crippen LogP contribution in [0.3, 0.4) is 0 Å². The first-order valence-electron chi connectivity index (χ1n) is 12.3. The molecule has 0 radical (unpaired) electrons. The minimum Gasteiger partial charge on any atom is -0.336 e. The van der Waals surface area contributed by atoms with E-state index in [1.165, 1.54) is 0 Å². The van der Waals surface area contributed by atoms with Gasteiger partial charge >= 0.3 is 0 Å². The predicted molar refractivity (Wildman–Crippen MR) is 131 cm³/mol. The molecule has 34 heavy (non-hydrogen) atoms. The molecule has 0 spiro atoms. The minimum atomic E-state index is -0.254. The summed E-state index contributed by atoms with van der Waals surface area (Å²) in [7, 11) is 0. The molecule has 1 aliphatic carbocycles. The molecule has 1 saturated heterocycles. The Kier molecular flexibility index (Phi) is 6.43. The van der Waals surface area contributed by atoms with Crippen LogP contribution in [0.5, 0.6) is 0 Å². The van der Waals surface area contributed by atoms with Crippen LogP contribution in [0.1, 0.15) is 59.4 Å². The molecule has 2 aliphatic rings. The van der Waals surface area contributed by atoms with Crippen LogP contribution in [0.4, 0.5) is 5.82 Å². The molecule has 1 unspecified atom stereocenters. The van der Waals surface area contributed by atoms with Gasteiger partial charge in [0.2, 0.25) is 5.91 Å². The highest BCUT2D eigenvalue weighted by molar-refractivity contribution is 5.96. The molecular weight excluding hydrogens is 426 g/mol. The van der Waals surface area contributed by atoms with Crippen LogP contribution >= 0.6 is 0 Å². The number of piperidine rings is 1. The first-order chi connectivity index (χ1) is 16.6. The van der Waals surface area contributed by atoms with Crippen molar-refractivity contribution in [3.05, 3.63) is 71.2 Å². The van der Waals surface area contributed by atoms with Crippen LogP contribution in [0.25, 0.3) is 5.69 Å². The van der Waals surface area contributed by atoms with Crippen molar-refractivity contribution in [1.82, 2.24) is 19.7 Å². The molecule has 2 amide bonds. The zero-order chi connectivity index (χ0) is 23.5. The van der Waals surface area contributed by atoms with Crippen molar-refractivity contribution < 1.29 is 9.59 Å². The standard InChI is InChI=1S/C27H31N5O2/c1-19-14-15-24(28-17-19)29-26(33)20-9-8-16-31(18-20)27(34)25-22-12-6-3-7-13-23(22)32(30-25)21-10-4-2-5-11-21/h2,4-5,10-11,14-15,17,20H,3,6-9,12-13,16,18H2,1H3,(H,28,29,33). The number of amides is 2. The van der Waals surface area contributed by atoms with E-state index in [0.717, 1.165) is 67.5 Å². The molecule has 0 bridgehead atoms. The lowest BCUT2D eigenvalue weighted by atomic mass is 9.96. The normalized spacial score (nSPS) is 18.1. The largest absolute Gasteiger partial charge is 0.336 e. The van der Waals surface area contributed by atoms with Crippen LogP contribution in [0, 0.1) is 12.8 Å². The molecule has 0 saturated carbocycles. The Hall–Kier alpha value is -3.48. The van der Waals surface area contributed by atoms with E-state index < -0.39 is 0 Å². The quantitative estimate of drug-likeness (QED) is 0.591. The van der Waals surface area contributed by atoms with Gasteiger partial charge in [0, 0.05) is 30.5 Å². The summed E-state index contributed by atoms with van der Waals surface area (Å²) >= 11 is 0. The Labute approximate surface area is 200 Å². The van der Waals surface area contributed by atoms with Gasteiger partial charge in [-0.2, -0.15) is 5.10 Å². The van der Waals surface area contributed by atoms with Crippen molar-refractivity contribution in [3.8, 4) is 5.69 Å². The number of likely N-dealkylation sites (tertiary alicyclic amines) is 1. The number of hydrogen-bond acceptors (Lipinski definition) is 4. The number of anilines is 1. The van der Waals surface area contributed by atoms with Gasteiger partial charge in [-0.3, -0.25) is 9.59 Å². The molecule has 3 heterocycles. The fourth-order valence-electron chi connectivity index (χ4n) is 5.03. The lowest BCUT2D eigenvalue weighted by molar-refractivity contribution is -0.121. The summed E-state index contributed by atoms with van der Waals surface area (Å²) in [5, 5.41) is 7.75. The van der Waals surface area contributed by atoms with Crippen molar-refractivity contribution in [2.24, 2.45) is 5.92 Å². The second-order valence-electron chi connectivity index (χ2n) is 9.38. The summed E-state index contributed by atoms with van der Waals surface area (Å²) < 4.78 is 1.96. The van der Waals surface area contributed by atoms with Gasteiger partial charge in [-0.05, 0) is 69.2 Å². The second kappa shape index (κ2) is 9.79. The van der Waals surface area contributed by atoms with Crippen LogP contribution in [-0.4, -0.2) is 44.6 Å². The van der Waals surface area contributed by atoms with Gasteiger partial charge in [-0.25, -0.2) is 9.67 Å². The average Bonchev–Trinajstić information content (AvgIpc) is 3.06. The molecular formula is C27H31N5O2. The third-order valence-corrected chi connectivity index (χ3v) is 6.88. The molecule has 5 rings (SSSR count). The summed E-state index contributed by atoms with van der Waals surface area (Å²) in [4.78, 5) is 32.7. The summed E-state index contributed by atoms with van der Waals surface area (Å²) in [6, 6.07) is 13.8. The van der Waals surface area contributed by atoms with Crippen LogP contribution in [0.15, 0.2) is 48.7 Å². The number of rotatable bonds is 4. The highest BCUT2D eigenvalue weighted by Gasteiger charge is 2.33. The summed E-state index contributed by atoms with van der Waals surface area (Å²) in [5.74, 6) is 0.155. The molecule has 3 aromatic rings. The first-order valence-corrected chi connectivity index (χ1v) is 12.3. The van der Waals surface area contributed by atoms with E-state index in [1.807, 2.05) is 59.0 Å². The van der Waals surface area contributed by atoms with E-state index in [-0.39, 0.29) is 17.7 Å². The van der Waals surface area contributed by atoms with Gasteiger partial charge in [-0.15, -0.1) is 0 Å². The number of pyridine rings is 1. The van der Waals surface area contributed by atoms with Crippen LogP contribution < -0.4 is 5.32 Å². The van der Waals surface area contributed by atoms with Gasteiger partial charge in [-0.1, -0.05) is 30.7 Å². The number of benzene rings is 1. The van der Waals surface area contributed by atoms with E-state index in [9.17, 15) is 9.59 Å². The highest BCUT2D eigenvalue weighted by Crippen LogP contribution is 2.28. The fourth-order valence-corrected chi connectivity index (χ4v) is 5.03. The second-order valence-corrected chi connectivity index (χ2v) is 9.38. The van der Waals surface area contributed by atoms with Crippen LogP contribution in [0.2, 0.25) is 0 Å². The third-order valence-electron chi connectivity index (χ3n) is 6.88. The molecule has 2 aromatic heterocycles. The van der Waals surface area contributed by atoms with E-state index in [0.29, 0.717) is 24.6 Å². The van der Waals surface area contributed by atoms with Crippen LogP contribution in [-0.2, 0) is 17.6 Å². The number of hydrogen-bond donors (Lipinski definition) is 1. The SMILES string of the molecule is Cc1ccc(NC(=O)C2CCCN(C(=O)c3nn(-c4ccccc4)c4c3CCCCC4)C2)nc1. The maximum Gasteiger partial charge on any atom is 0.274 e. The molecule has 1 N–H and O–H groups in total. The Morgan fingerprint density at radius 2 is 1.82 bits per heavy atom. The minimum absolute atomic E-state index is 0.0567. The Bertz CT molecular complexity index is 1170. The maximum atomic E-state index is 13.7. The highest BCUT2D eigenvalue weighted by atomic mass is 16.2. The van der Waals surface area contributed by atoms with Gasteiger partial charge in [0.15, 0.2) is 5.69 Å². The third kappa shape index (κ3) is 4.60. The molecule has 1 aromatic carbocycles. The first kappa shape index (κ1) is 22.3. The molecule has 7 nitrogen and oxygen atoms in total. The molecule has 1 fully saturated rings. The van der Waals surface area contributed by atoms with Gasteiger partial charge in [0.05, 0.1) is 11.6 Å². The zero-order valence-corrected chi connectivity index (χ0v) is 19.7.